The molecular formula is C21H19N3O9S2. The highest BCUT2D eigenvalue weighted by atomic mass is 32.2. The quantitative estimate of drug-likeness (QED) is 0.156. The van der Waals surface area contributed by atoms with Crippen LogP contribution in [0, 0.1) is 10.1 Å². The number of esters is 1. The highest BCUT2D eigenvalue weighted by Gasteiger charge is 2.21. The Kier molecular flexibility index (Phi) is 7.88. The summed E-state index contributed by atoms with van der Waals surface area (Å²) in [6, 6.07) is 10.2. The van der Waals surface area contributed by atoms with Gasteiger partial charge in [-0.15, -0.1) is 11.3 Å². The van der Waals surface area contributed by atoms with E-state index in [4.69, 9.17) is 9.47 Å². The minimum absolute atomic E-state index is 0.0161. The molecule has 0 atom stereocenters. The summed E-state index contributed by atoms with van der Waals surface area (Å²) in [5, 5.41) is 25.1. The summed E-state index contributed by atoms with van der Waals surface area (Å²) >= 11 is 0.996. The van der Waals surface area contributed by atoms with E-state index in [1.807, 2.05) is 0 Å². The molecule has 1 amide bonds. The number of sulfonamides is 1. The van der Waals surface area contributed by atoms with Crippen LogP contribution in [-0.2, 0) is 19.6 Å². The third-order valence-corrected chi connectivity index (χ3v) is 7.09. The molecule has 0 fully saturated rings. The van der Waals surface area contributed by atoms with Crippen molar-refractivity contribution in [2.24, 2.45) is 0 Å². The Labute approximate surface area is 203 Å². The molecule has 0 aliphatic rings. The van der Waals surface area contributed by atoms with Crippen molar-refractivity contribution in [3.8, 4) is 11.5 Å². The fourth-order valence-electron chi connectivity index (χ4n) is 2.80. The summed E-state index contributed by atoms with van der Waals surface area (Å²) in [5.41, 5.74) is -0.958. The van der Waals surface area contributed by atoms with Gasteiger partial charge in [-0.2, -0.15) is 0 Å². The normalized spacial score (nSPS) is 10.9. The smallest absolute Gasteiger partial charge is 0.342 e. The molecule has 0 saturated heterocycles. The summed E-state index contributed by atoms with van der Waals surface area (Å²) in [7, 11) is -3.90. The predicted molar refractivity (Wildman–Crippen MR) is 126 cm³/mol. The Balaban J connectivity index is 1.67. The number of nitro groups is 1. The molecule has 0 spiro atoms. The second kappa shape index (κ2) is 10.8. The van der Waals surface area contributed by atoms with Gasteiger partial charge in [-0.05, 0) is 48.7 Å². The van der Waals surface area contributed by atoms with Gasteiger partial charge < -0.3 is 19.9 Å². The maximum atomic E-state index is 12.4. The van der Waals surface area contributed by atoms with Gasteiger partial charge in [0.2, 0.25) is 0 Å². The maximum Gasteiger partial charge on any atom is 0.342 e. The number of phenols is 1. The fraction of sp³-hybridized carbons (Fsp3) is 0.143. The van der Waals surface area contributed by atoms with E-state index in [0.29, 0.717) is 6.61 Å². The number of amides is 1. The molecule has 0 unspecified atom stereocenters. The molecule has 1 heterocycles. The van der Waals surface area contributed by atoms with Gasteiger partial charge in [0, 0.05) is 5.69 Å². The van der Waals surface area contributed by atoms with E-state index in [9.17, 15) is 33.2 Å². The van der Waals surface area contributed by atoms with Crippen molar-refractivity contribution in [1.29, 1.82) is 0 Å². The number of nitrogens with one attached hydrogen (secondary N) is 2. The lowest BCUT2D eigenvalue weighted by Gasteiger charge is -2.11. The molecule has 2 aromatic carbocycles. The molecule has 0 radical (unpaired) electrons. The number of carbonyl (C=O) groups is 2. The minimum atomic E-state index is -3.90. The molecule has 1 aromatic heterocycles. The highest BCUT2D eigenvalue weighted by molar-refractivity contribution is 7.94. The van der Waals surface area contributed by atoms with Crippen molar-refractivity contribution >= 4 is 50.3 Å². The summed E-state index contributed by atoms with van der Waals surface area (Å²) in [5.74, 6) is -2.25. The number of phenolic OH excluding ortho intramolecular Hbond substituents is 1. The van der Waals surface area contributed by atoms with Crippen LogP contribution < -0.4 is 14.8 Å². The van der Waals surface area contributed by atoms with Crippen LogP contribution in [0.4, 0.5) is 17.1 Å². The molecule has 0 aliphatic carbocycles. The molecule has 35 heavy (non-hydrogen) atoms. The van der Waals surface area contributed by atoms with Crippen LogP contribution in [0.2, 0.25) is 0 Å². The molecule has 12 nitrogen and oxygen atoms in total. The number of anilines is 2. The monoisotopic (exact) mass is 521 g/mol. The minimum Gasteiger partial charge on any atom is -0.507 e. The molecule has 3 rings (SSSR count). The molecule has 3 aromatic rings. The number of rotatable bonds is 10. The average molecular weight is 522 g/mol. The van der Waals surface area contributed by atoms with E-state index >= 15 is 0 Å². The van der Waals surface area contributed by atoms with Gasteiger partial charge in [0.15, 0.2) is 6.61 Å². The van der Waals surface area contributed by atoms with Crippen LogP contribution in [0.25, 0.3) is 0 Å². The molecule has 0 aliphatic heterocycles. The second-order valence-electron chi connectivity index (χ2n) is 6.76. The van der Waals surface area contributed by atoms with Crippen molar-refractivity contribution < 1.29 is 37.5 Å². The maximum absolute atomic E-state index is 12.4. The zero-order chi connectivity index (χ0) is 25.6. The summed E-state index contributed by atoms with van der Waals surface area (Å²) in [6.45, 7) is 1.18. The zero-order valence-corrected chi connectivity index (χ0v) is 19.7. The Hall–Kier alpha value is -4.17. The van der Waals surface area contributed by atoms with Gasteiger partial charge in [0.1, 0.15) is 27.0 Å². The number of aromatic hydroxyl groups is 1. The van der Waals surface area contributed by atoms with E-state index in [1.54, 1.807) is 18.4 Å². The molecule has 0 saturated carbocycles. The largest absolute Gasteiger partial charge is 0.507 e. The van der Waals surface area contributed by atoms with Gasteiger partial charge in [-0.3, -0.25) is 19.6 Å². The van der Waals surface area contributed by atoms with E-state index < -0.39 is 50.4 Å². The van der Waals surface area contributed by atoms with Crippen molar-refractivity contribution in [2.45, 2.75) is 11.1 Å². The standard InChI is InChI=1S/C21H19N3O9S2/c1-2-32-14-6-7-16(17(11-14)24(28)29)22-19(26)12-33-21(27)15-10-13(5-8-18(15)25)23-35(30,31)20-4-3-9-34-20/h3-11,23,25H,2,12H2,1H3,(H,22,26). The van der Waals surface area contributed by atoms with Gasteiger partial charge in [0.05, 0.1) is 17.6 Å². The van der Waals surface area contributed by atoms with Crippen LogP contribution in [0.15, 0.2) is 58.1 Å². The molecule has 184 valence electrons. The number of ether oxygens (including phenoxy) is 2. The van der Waals surface area contributed by atoms with Crippen LogP contribution in [0.5, 0.6) is 11.5 Å². The summed E-state index contributed by atoms with van der Waals surface area (Å²) in [6.07, 6.45) is 0. The van der Waals surface area contributed by atoms with E-state index in [-0.39, 0.29) is 21.3 Å². The first-order chi connectivity index (χ1) is 16.6. The van der Waals surface area contributed by atoms with Crippen LogP contribution >= 0.6 is 11.3 Å². The Bertz CT molecular complexity index is 1360. The predicted octanol–water partition coefficient (Wildman–Crippen LogP) is 3.36. The van der Waals surface area contributed by atoms with E-state index in [0.717, 1.165) is 29.5 Å². The Morgan fingerprint density at radius 2 is 1.94 bits per heavy atom. The van der Waals surface area contributed by atoms with Crippen LogP contribution in [0.1, 0.15) is 17.3 Å². The topological polar surface area (TPSA) is 174 Å². The number of benzene rings is 2. The molecule has 0 bridgehead atoms. The van der Waals surface area contributed by atoms with E-state index in [2.05, 4.69) is 10.0 Å². The van der Waals surface area contributed by atoms with Crippen molar-refractivity contribution in [3.63, 3.8) is 0 Å². The lowest BCUT2D eigenvalue weighted by molar-refractivity contribution is -0.384. The van der Waals surface area contributed by atoms with Gasteiger partial charge in [-0.25, -0.2) is 13.2 Å². The first-order valence-corrected chi connectivity index (χ1v) is 12.2. The molecular weight excluding hydrogens is 502 g/mol. The SMILES string of the molecule is CCOc1ccc(NC(=O)COC(=O)c2cc(NS(=O)(=O)c3cccs3)ccc2O)c([N+](=O)[O-])c1. The van der Waals surface area contributed by atoms with Gasteiger partial charge in [0.25, 0.3) is 21.6 Å². The third kappa shape index (κ3) is 6.45. The van der Waals surface area contributed by atoms with Crippen LogP contribution in [0.3, 0.4) is 0 Å². The molecule has 14 heteroatoms. The number of thiophene rings is 1. The Morgan fingerprint density at radius 3 is 2.60 bits per heavy atom. The van der Waals surface area contributed by atoms with E-state index in [1.165, 1.54) is 24.3 Å². The number of carbonyl (C=O) groups excluding carboxylic acids is 2. The Morgan fingerprint density at radius 1 is 1.17 bits per heavy atom. The highest BCUT2D eigenvalue weighted by Crippen LogP contribution is 2.29. The number of nitro benzene ring substituents is 1. The third-order valence-electron chi connectivity index (χ3n) is 4.31. The zero-order valence-electron chi connectivity index (χ0n) is 18.1. The lowest BCUT2D eigenvalue weighted by atomic mass is 10.2. The van der Waals surface area contributed by atoms with Crippen LogP contribution in [-0.4, -0.2) is 43.5 Å². The fourth-order valence-corrected chi connectivity index (χ4v) is 4.85. The lowest BCUT2D eigenvalue weighted by Crippen LogP contribution is -2.21. The first-order valence-electron chi connectivity index (χ1n) is 9.88. The van der Waals surface area contributed by atoms with Crippen molar-refractivity contribution in [1.82, 2.24) is 0 Å². The summed E-state index contributed by atoms with van der Waals surface area (Å²) < 4.78 is 37.1. The van der Waals surface area contributed by atoms with Gasteiger partial charge in [-0.1, -0.05) is 6.07 Å². The second-order valence-corrected chi connectivity index (χ2v) is 9.62. The van der Waals surface area contributed by atoms with Gasteiger partial charge >= 0.3 is 5.97 Å². The van der Waals surface area contributed by atoms with Crippen molar-refractivity contribution in [3.05, 3.63) is 69.6 Å². The number of nitrogens with zero attached hydrogens (tertiary/aromatic N) is 1. The van der Waals surface area contributed by atoms with Crippen molar-refractivity contribution in [2.75, 3.05) is 23.3 Å². The average Bonchev–Trinajstić information content (AvgIpc) is 3.36. The number of hydrogen-bond donors (Lipinski definition) is 3. The number of hydrogen-bond acceptors (Lipinski definition) is 10. The molecule has 3 N–H and O–H groups in total. The first kappa shape index (κ1) is 25.5. The summed E-state index contributed by atoms with van der Waals surface area (Å²) in [4.78, 5) is 35.2.